The number of nitrogens with one attached hydrogen (secondary N) is 1. The summed E-state index contributed by atoms with van der Waals surface area (Å²) in [5, 5.41) is 7.95. The van der Waals surface area contributed by atoms with Crippen LogP contribution in [0.4, 0.5) is 0 Å². The van der Waals surface area contributed by atoms with Crippen LogP contribution in [0.2, 0.25) is 0 Å². The quantitative estimate of drug-likeness (QED) is 0.672. The minimum Gasteiger partial charge on any atom is -0.492 e. The van der Waals surface area contributed by atoms with Gasteiger partial charge >= 0.3 is 0 Å². The Bertz CT molecular complexity index is 659. The van der Waals surface area contributed by atoms with Crippen molar-refractivity contribution in [3.05, 3.63) is 59.2 Å². The highest BCUT2D eigenvalue weighted by Crippen LogP contribution is 2.37. The molecular formula is C17H18N2OS. The van der Waals surface area contributed by atoms with Crippen LogP contribution in [-0.2, 0) is 6.42 Å². The maximum atomic E-state index is 7.51. The minimum atomic E-state index is 0.0718. The van der Waals surface area contributed by atoms with Gasteiger partial charge in [0.1, 0.15) is 18.2 Å². The SMILES string of the molecule is Cc1ccc(C(=N)N)cc1OCC1Cc2ccccc2S1. The molecule has 108 valence electrons. The first-order chi connectivity index (χ1) is 10.1. The van der Waals surface area contributed by atoms with E-state index in [2.05, 4.69) is 24.3 Å². The molecule has 3 N–H and O–H groups in total. The highest BCUT2D eigenvalue weighted by atomic mass is 32.2. The molecule has 0 aromatic heterocycles. The lowest BCUT2D eigenvalue weighted by molar-refractivity contribution is 0.315. The summed E-state index contributed by atoms with van der Waals surface area (Å²) in [6.07, 6.45) is 1.05. The van der Waals surface area contributed by atoms with E-state index in [-0.39, 0.29) is 5.84 Å². The Morgan fingerprint density at radius 2 is 2.14 bits per heavy atom. The highest BCUT2D eigenvalue weighted by Gasteiger charge is 2.22. The molecule has 0 radical (unpaired) electrons. The van der Waals surface area contributed by atoms with Gasteiger partial charge < -0.3 is 10.5 Å². The summed E-state index contributed by atoms with van der Waals surface area (Å²) in [6, 6.07) is 14.2. The Morgan fingerprint density at radius 1 is 1.33 bits per heavy atom. The number of nitrogens with two attached hydrogens (primary N) is 1. The number of rotatable bonds is 4. The summed E-state index contributed by atoms with van der Waals surface area (Å²) in [5.74, 6) is 0.891. The second kappa shape index (κ2) is 5.82. The van der Waals surface area contributed by atoms with Crippen molar-refractivity contribution in [2.45, 2.75) is 23.5 Å². The lowest BCUT2D eigenvalue weighted by Crippen LogP contribution is -2.15. The van der Waals surface area contributed by atoms with Gasteiger partial charge in [0.2, 0.25) is 0 Å². The van der Waals surface area contributed by atoms with Crippen LogP contribution in [0.3, 0.4) is 0 Å². The second-order valence-electron chi connectivity index (χ2n) is 5.26. The third kappa shape index (κ3) is 3.05. The highest BCUT2D eigenvalue weighted by molar-refractivity contribution is 8.00. The first-order valence-corrected chi connectivity index (χ1v) is 7.84. The van der Waals surface area contributed by atoms with E-state index in [9.17, 15) is 0 Å². The van der Waals surface area contributed by atoms with Gasteiger partial charge in [-0.1, -0.05) is 30.3 Å². The summed E-state index contributed by atoms with van der Waals surface area (Å²) in [7, 11) is 0. The first-order valence-electron chi connectivity index (χ1n) is 6.96. The third-order valence-electron chi connectivity index (χ3n) is 3.64. The number of amidine groups is 1. The van der Waals surface area contributed by atoms with Crippen LogP contribution in [-0.4, -0.2) is 17.7 Å². The number of hydrogen-bond acceptors (Lipinski definition) is 3. The van der Waals surface area contributed by atoms with Crippen LogP contribution >= 0.6 is 11.8 Å². The fourth-order valence-electron chi connectivity index (χ4n) is 2.45. The van der Waals surface area contributed by atoms with Crippen LogP contribution in [0.15, 0.2) is 47.4 Å². The number of thioether (sulfide) groups is 1. The van der Waals surface area contributed by atoms with Gasteiger partial charge in [0.05, 0.1) is 0 Å². The van der Waals surface area contributed by atoms with Crippen molar-refractivity contribution in [2.75, 3.05) is 6.61 Å². The molecular weight excluding hydrogens is 280 g/mol. The molecule has 3 nitrogen and oxygen atoms in total. The molecule has 1 heterocycles. The molecule has 0 bridgehead atoms. The number of benzene rings is 2. The fourth-order valence-corrected chi connectivity index (χ4v) is 3.67. The van der Waals surface area contributed by atoms with Crippen molar-refractivity contribution in [1.29, 1.82) is 5.41 Å². The largest absolute Gasteiger partial charge is 0.492 e. The van der Waals surface area contributed by atoms with E-state index in [0.29, 0.717) is 17.4 Å². The zero-order valence-electron chi connectivity index (χ0n) is 11.9. The minimum absolute atomic E-state index is 0.0718. The van der Waals surface area contributed by atoms with Gasteiger partial charge in [-0.05, 0) is 36.6 Å². The van der Waals surface area contributed by atoms with Gasteiger partial charge in [-0.15, -0.1) is 11.8 Å². The zero-order valence-corrected chi connectivity index (χ0v) is 12.7. The van der Waals surface area contributed by atoms with E-state index in [1.165, 1.54) is 10.5 Å². The molecule has 3 rings (SSSR count). The Kier molecular flexibility index (Phi) is 3.88. The van der Waals surface area contributed by atoms with Crippen molar-refractivity contribution in [1.82, 2.24) is 0 Å². The number of ether oxygens (including phenoxy) is 1. The summed E-state index contributed by atoms with van der Waals surface area (Å²) in [5.41, 5.74) is 8.72. The third-order valence-corrected chi connectivity index (χ3v) is 4.93. The summed E-state index contributed by atoms with van der Waals surface area (Å²) < 4.78 is 5.97. The molecule has 21 heavy (non-hydrogen) atoms. The smallest absolute Gasteiger partial charge is 0.122 e. The summed E-state index contributed by atoms with van der Waals surface area (Å²) in [4.78, 5) is 1.36. The van der Waals surface area contributed by atoms with E-state index in [4.69, 9.17) is 15.9 Å². The Morgan fingerprint density at radius 3 is 2.90 bits per heavy atom. The van der Waals surface area contributed by atoms with Crippen molar-refractivity contribution >= 4 is 17.6 Å². The normalized spacial score (nSPS) is 16.5. The van der Waals surface area contributed by atoms with Crippen molar-refractivity contribution < 1.29 is 4.74 Å². The van der Waals surface area contributed by atoms with Gasteiger partial charge in [0.25, 0.3) is 0 Å². The van der Waals surface area contributed by atoms with E-state index in [0.717, 1.165) is 17.7 Å². The first kappa shape index (κ1) is 14.0. The predicted octanol–water partition coefficient (Wildman–Crippen LogP) is 3.37. The lowest BCUT2D eigenvalue weighted by atomic mass is 10.1. The van der Waals surface area contributed by atoms with Gasteiger partial charge in [-0.25, -0.2) is 0 Å². The molecule has 1 unspecified atom stereocenters. The topological polar surface area (TPSA) is 59.1 Å². The van der Waals surface area contributed by atoms with Gasteiger partial charge in [-0.3, -0.25) is 5.41 Å². The van der Waals surface area contributed by atoms with Gasteiger partial charge in [-0.2, -0.15) is 0 Å². The number of hydrogen-bond donors (Lipinski definition) is 2. The molecule has 0 amide bonds. The molecule has 1 atom stereocenters. The number of aryl methyl sites for hydroxylation is 1. The second-order valence-corrected chi connectivity index (χ2v) is 6.60. The molecule has 1 aliphatic rings. The average Bonchev–Trinajstić information content (AvgIpc) is 2.89. The van der Waals surface area contributed by atoms with Crippen molar-refractivity contribution in [2.24, 2.45) is 5.73 Å². The number of nitrogen functional groups attached to an aromatic ring is 1. The lowest BCUT2D eigenvalue weighted by Gasteiger charge is -2.14. The number of fused-ring (bicyclic) bond motifs is 1. The average molecular weight is 298 g/mol. The molecule has 2 aromatic carbocycles. The molecule has 4 heteroatoms. The molecule has 0 saturated carbocycles. The van der Waals surface area contributed by atoms with E-state index >= 15 is 0 Å². The predicted molar refractivity (Wildman–Crippen MR) is 87.5 cm³/mol. The van der Waals surface area contributed by atoms with Crippen molar-refractivity contribution in [3.63, 3.8) is 0 Å². The Balaban J connectivity index is 1.67. The van der Waals surface area contributed by atoms with E-state index < -0.39 is 0 Å². The summed E-state index contributed by atoms with van der Waals surface area (Å²) in [6.45, 7) is 2.68. The zero-order chi connectivity index (χ0) is 14.8. The molecule has 2 aromatic rings. The van der Waals surface area contributed by atoms with Crippen LogP contribution in [0.25, 0.3) is 0 Å². The molecule has 0 aliphatic carbocycles. The summed E-state index contributed by atoms with van der Waals surface area (Å²) >= 11 is 1.88. The molecule has 1 aliphatic heterocycles. The Hall–Kier alpha value is -1.94. The van der Waals surface area contributed by atoms with Crippen molar-refractivity contribution in [3.8, 4) is 5.75 Å². The standard InChI is InChI=1S/C17H18N2OS/c1-11-6-7-13(17(18)19)9-15(11)20-10-14-8-12-4-2-3-5-16(12)21-14/h2-7,9,14H,8,10H2,1H3,(H3,18,19). The van der Waals surface area contributed by atoms with Crippen LogP contribution < -0.4 is 10.5 Å². The van der Waals surface area contributed by atoms with Crippen LogP contribution in [0.5, 0.6) is 5.75 Å². The van der Waals surface area contributed by atoms with Crippen LogP contribution in [0, 0.1) is 12.3 Å². The fraction of sp³-hybridized carbons (Fsp3) is 0.235. The molecule has 0 fully saturated rings. The Labute approximate surface area is 129 Å². The van der Waals surface area contributed by atoms with E-state index in [1.54, 1.807) is 0 Å². The van der Waals surface area contributed by atoms with E-state index in [1.807, 2.05) is 36.9 Å². The van der Waals surface area contributed by atoms with Gasteiger partial charge in [0.15, 0.2) is 0 Å². The van der Waals surface area contributed by atoms with Gasteiger partial charge in [0, 0.05) is 15.7 Å². The molecule has 0 saturated heterocycles. The maximum Gasteiger partial charge on any atom is 0.122 e. The van der Waals surface area contributed by atoms with Crippen LogP contribution in [0.1, 0.15) is 16.7 Å². The maximum absolute atomic E-state index is 7.51. The molecule has 0 spiro atoms. The monoisotopic (exact) mass is 298 g/mol.